The van der Waals surface area contributed by atoms with Crippen LogP contribution in [0.25, 0.3) is 0 Å². The molecular weight excluding hydrogens is 310 g/mol. The van der Waals surface area contributed by atoms with Crippen LogP contribution in [0.3, 0.4) is 0 Å². The zero-order valence-corrected chi connectivity index (χ0v) is 11.2. The lowest BCUT2D eigenvalue weighted by Gasteiger charge is -1.98. The van der Waals surface area contributed by atoms with E-state index in [1.54, 1.807) is 6.07 Å². The number of benzene rings is 1. The van der Waals surface area contributed by atoms with E-state index in [9.17, 15) is 13.6 Å². The molecule has 0 unspecified atom stereocenters. The van der Waals surface area contributed by atoms with Crippen molar-refractivity contribution in [3.8, 4) is 0 Å². The van der Waals surface area contributed by atoms with Crippen LogP contribution in [0.2, 0.25) is 0 Å². The fourth-order valence-electron chi connectivity index (χ4n) is 1.35. The molecular formula is C12H7BrF2OS. The molecule has 2 aromatic rings. The van der Waals surface area contributed by atoms with Crippen molar-refractivity contribution in [3.05, 3.63) is 55.7 Å². The van der Waals surface area contributed by atoms with Crippen molar-refractivity contribution in [1.82, 2.24) is 0 Å². The average molecular weight is 317 g/mol. The first-order chi connectivity index (χ1) is 7.99. The Balaban J connectivity index is 2.40. The summed E-state index contributed by atoms with van der Waals surface area (Å²) in [5, 5.41) is 0. The number of carbonyl (C=O) groups is 1. The van der Waals surface area contributed by atoms with E-state index in [1.165, 1.54) is 17.4 Å². The Morgan fingerprint density at radius 2 is 1.94 bits per heavy atom. The molecule has 0 saturated heterocycles. The van der Waals surface area contributed by atoms with Gasteiger partial charge in [-0.05, 0) is 52.7 Å². The second-order valence-corrected chi connectivity index (χ2v) is 5.90. The van der Waals surface area contributed by atoms with E-state index in [-0.39, 0.29) is 11.3 Å². The molecule has 17 heavy (non-hydrogen) atoms. The van der Waals surface area contributed by atoms with E-state index in [1.807, 2.05) is 6.92 Å². The second-order valence-electron chi connectivity index (χ2n) is 3.53. The minimum atomic E-state index is -1.01. The quantitative estimate of drug-likeness (QED) is 0.754. The zero-order valence-electron chi connectivity index (χ0n) is 8.76. The van der Waals surface area contributed by atoms with Crippen molar-refractivity contribution in [2.24, 2.45) is 0 Å². The number of thiophene rings is 1. The van der Waals surface area contributed by atoms with Crippen LogP contribution in [-0.2, 0) is 0 Å². The molecule has 0 bridgehead atoms. The lowest BCUT2D eigenvalue weighted by Crippen LogP contribution is -2.00. The molecule has 0 saturated carbocycles. The van der Waals surface area contributed by atoms with Gasteiger partial charge in [-0.2, -0.15) is 0 Å². The smallest absolute Gasteiger partial charge is 0.203 e. The van der Waals surface area contributed by atoms with E-state index in [4.69, 9.17) is 0 Å². The third kappa shape index (κ3) is 2.45. The van der Waals surface area contributed by atoms with Crippen LogP contribution < -0.4 is 0 Å². The van der Waals surface area contributed by atoms with Gasteiger partial charge in [-0.1, -0.05) is 0 Å². The number of carbonyl (C=O) groups excluding carboxylic acids is 1. The fraction of sp³-hybridized carbons (Fsp3) is 0.0833. The number of hydrogen-bond donors (Lipinski definition) is 0. The molecule has 0 radical (unpaired) electrons. The minimum absolute atomic E-state index is 0.151. The van der Waals surface area contributed by atoms with Gasteiger partial charge in [0, 0.05) is 5.56 Å². The van der Waals surface area contributed by atoms with Crippen molar-refractivity contribution in [2.45, 2.75) is 6.92 Å². The second kappa shape index (κ2) is 4.66. The maximum absolute atomic E-state index is 13.0. The minimum Gasteiger partial charge on any atom is -0.288 e. The summed E-state index contributed by atoms with van der Waals surface area (Å²) >= 11 is 4.59. The van der Waals surface area contributed by atoms with Crippen molar-refractivity contribution in [3.63, 3.8) is 0 Å². The van der Waals surface area contributed by atoms with Gasteiger partial charge < -0.3 is 0 Å². The monoisotopic (exact) mass is 316 g/mol. The summed E-state index contributed by atoms with van der Waals surface area (Å²) in [6.45, 7) is 1.86. The molecule has 2 rings (SSSR count). The Kier molecular flexibility index (Phi) is 3.40. The predicted octanol–water partition coefficient (Wildman–Crippen LogP) is 4.33. The number of rotatable bonds is 2. The Morgan fingerprint density at radius 3 is 2.47 bits per heavy atom. The molecule has 0 aliphatic rings. The first-order valence-corrected chi connectivity index (χ1v) is 6.35. The molecule has 0 aliphatic heterocycles. The molecule has 0 fully saturated rings. The predicted molar refractivity (Wildman–Crippen MR) is 66.5 cm³/mol. The van der Waals surface area contributed by atoms with Crippen LogP contribution in [0.15, 0.2) is 28.1 Å². The molecule has 0 amide bonds. The highest BCUT2D eigenvalue weighted by Gasteiger charge is 2.15. The van der Waals surface area contributed by atoms with Crippen molar-refractivity contribution < 1.29 is 13.6 Å². The summed E-state index contributed by atoms with van der Waals surface area (Å²) in [5.74, 6) is -2.27. The molecule has 5 heteroatoms. The van der Waals surface area contributed by atoms with Crippen molar-refractivity contribution >= 4 is 33.0 Å². The van der Waals surface area contributed by atoms with E-state index in [2.05, 4.69) is 15.9 Å². The average Bonchev–Trinajstić information content (AvgIpc) is 2.62. The van der Waals surface area contributed by atoms with E-state index in [0.29, 0.717) is 4.88 Å². The third-order valence-corrected chi connectivity index (χ3v) is 4.40. The van der Waals surface area contributed by atoms with Crippen LogP contribution in [-0.4, -0.2) is 5.78 Å². The molecule has 1 nitrogen and oxygen atoms in total. The van der Waals surface area contributed by atoms with Gasteiger partial charge in [-0.3, -0.25) is 4.79 Å². The molecule has 0 spiro atoms. The lowest BCUT2D eigenvalue weighted by atomic mass is 10.1. The molecule has 1 aromatic heterocycles. The van der Waals surface area contributed by atoms with Gasteiger partial charge in [0.2, 0.25) is 5.78 Å². The normalized spacial score (nSPS) is 10.6. The van der Waals surface area contributed by atoms with Gasteiger partial charge >= 0.3 is 0 Å². The van der Waals surface area contributed by atoms with Crippen LogP contribution in [0.4, 0.5) is 8.78 Å². The molecule has 1 aromatic carbocycles. The molecule has 0 N–H and O–H groups in total. The Labute approximate surface area is 109 Å². The molecule has 1 heterocycles. The highest BCUT2D eigenvalue weighted by molar-refractivity contribution is 9.11. The summed E-state index contributed by atoms with van der Waals surface area (Å²) < 4.78 is 26.6. The standard InChI is InChI=1S/C12H7BrF2OS/c1-6-4-10(17-12(6)13)11(16)7-2-3-8(14)9(15)5-7/h2-5H,1H3. The van der Waals surface area contributed by atoms with Crippen LogP contribution in [0.1, 0.15) is 20.8 Å². The summed E-state index contributed by atoms with van der Waals surface area (Å²) in [5.41, 5.74) is 1.10. The van der Waals surface area contributed by atoms with Gasteiger partial charge in [0.05, 0.1) is 8.66 Å². The Morgan fingerprint density at radius 1 is 1.24 bits per heavy atom. The van der Waals surface area contributed by atoms with E-state index >= 15 is 0 Å². The first kappa shape index (κ1) is 12.4. The SMILES string of the molecule is Cc1cc(C(=O)c2ccc(F)c(F)c2)sc1Br. The van der Waals surface area contributed by atoms with Gasteiger partial charge in [0.25, 0.3) is 0 Å². The van der Waals surface area contributed by atoms with Crippen molar-refractivity contribution in [1.29, 1.82) is 0 Å². The topological polar surface area (TPSA) is 17.1 Å². The van der Waals surface area contributed by atoms with Gasteiger partial charge in [0.15, 0.2) is 11.6 Å². The largest absolute Gasteiger partial charge is 0.288 e. The maximum atomic E-state index is 13.0. The Hall–Kier alpha value is -1.07. The fourth-order valence-corrected chi connectivity index (χ4v) is 2.85. The van der Waals surface area contributed by atoms with Gasteiger partial charge in [-0.25, -0.2) is 8.78 Å². The van der Waals surface area contributed by atoms with Crippen LogP contribution in [0.5, 0.6) is 0 Å². The zero-order chi connectivity index (χ0) is 12.6. The van der Waals surface area contributed by atoms with Crippen molar-refractivity contribution in [2.75, 3.05) is 0 Å². The molecule has 0 atom stereocenters. The van der Waals surface area contributed by atoms with Crippen LogP contribution >= 0.6 is 27.3 Å². The van der Waals surface area contributed by atoms with Gasteiger partial charge in [0.1, 0.15) is 0 Å². The first-order valence-electron chi connectivity index (χ1n) is 4.74. The van der Waals surface area contributed by atoms with E-state index < -0.39 is 11.6 Å². The summed E-state index contributed by atoms with van der Waals surface area (Å²) in [7, 11) is 0. The van der Waals surface area contributed by atoms with Gasteiger partial charge in [-0.15, -0.1) is 11.3 Å². The van der Waals surface area contributed by atoms with E-state index in [0.717, 1.165) is 21.5 Å². The highest BCUT2D eigenvalue weighted by Crippen LogP contribution is 2.29. The highest BCUT2D eigenvalue weighted by atomic mass is 79.9. The summed E-state index contributed by atoms with van der Waals surface area (Å²) in [4.78, 5) is 12.5. The summed E-state index contributed by atoms with van der Waals surface area (Å²) in [6, 6.07) is 4.88. The lowest BCUT2D eigenvalue weighted by molar-refractivity contribution is 0.104. The Bertz CT molecular complexity index is 573. The third-order valence-electron chi connectivity index (χ3n) is 2.26. The number of aryl methyl sites for hydroxylation is 1. The number of ketones is 1. The summed E-state index contributed by atoms with van der Waals surface area (Å²) in [6.07, 6.45) is 0. The maximum Gasteiger partial charge on any atom is 0.203 e. The number of hydrogen-bond acceptors (Lipinski definition) is 2. The number of halogens is 3. The van der Waals surface area contributed by atoms with Crippen LogP contribution in [0, 0.1) is 18.6 Å². The molecule has 88 valence electrons. The molecule has 0 aliphatic carbocycles.